The molecule has 10 aromatic carbocycles. The summed E-state index contributed by atoms with van der Waals surface area (Å²) in [6.07, 6.45) is 0. The normalized spacial score (nSPS) is 12.6. The van der Waals surface area contributed by atoms with E-state index in [2.05, 4.69) is 242 Å². The van der Waals surface area contributed by atoms with E-state index in [1.54, 1.807) is 0 Å². The zero-order valence-corrected chi connectivity index (χ0v) is 45.2. The van der Waals surface area contributed by atoms with Gasteiger partial charge in [-0.3, -0.25) is 0 Å². The summed E-state index contributed by atoms with van der Waals surface area (Å²) < 4.78 is 5.19. The standard InChI is InChI=1S/C64H58N2S3Si/c1-38(2)67-44-27-31-52(39(3)33-44)65(54-21-15-19-48-46-17-11-13-23-58(46)68-62(48)54)56-37-57(51-30-26-42-36-43(64(5,6)7)35-41-25-29-50(56)61(51)60(41)42)66(53-32-28-45(34-40(53)4)70(8,9)10)55-22-16-20-49-47-18-12-14-24-59(47)69-63(49)55/h11-38H,1-10H3. The van der Waals surface area contributed by atoms with Crippen molar-refractivity contribution < 1.29 is 0 Å². The maximum absolute atomic E-state index is 2.63. The number of hydrogen-bond donors (Lipinski definition) is 0. The minimum Gasteiger partial charge on any atom is -0.308 e. The highest BCUT2D eigenvalue weighted by molar-refractivity contribution is 7.99. The van der Waals surface area contributed by atoms with Crippen molar-refractivity contribution in [3.8, 4) is 0 Å². The SMILES string of the molecule is Cc1cc(SC(C)C)ccc1N(c1cc(N(c2ccc([Si](C)(C)C)cc2C)c2cccc3c2sc2ccccc23)c2ccc3cc(C(C)(C)C)cc4ccc1c2c43)c1cccc2c1sc1ccccc12. The lowest BCUT2D eigenvalue weighted by atomic mass is 9.83. The third-order valence-corrected chi connectivity index (χ3v) is 19.8. The Hall–Kier alpha value is -6.15. The van der Waals surface area contributed by atoms with Gasteiger partial charge in [-0.25, -0.2) is 0 Å². The lowest BCUT2D eigenvalue weighted by Gasteiger charge is -2.34. The number of anilines is 6. The third-order valence-electron chi connectivity index (χ3n) is 14.4. The van der Waals surface area contributed by atoms with E-state index in [0.717, 1.165) is 0 Å². The number of benzene rings is 10. The van der Waals surface area contributed by atoms with Gasteiger partial charge < -0.3 is 9.80 Å². The number of thioether (sulfide) groups is 1. The molecule has 0 aliphatic carbocycles. The number of nitrogens with zero attached hydrogens (tertiary/aromatic N) is 2. The second kappa shape index (κ2) is 16.7. The molecule has 12 rings (SSSR count). The van der Waals surface area contributed by atoms with E-state index in [4.69, 9.17) is 0 Å². The predicted molar refractivity (Wildman–Crippen MR) is 317 cm³/mol. The van der Waals surface area contributed by atoms with E-state index in [1.807, 2.05) is 34.4 Å². The number of rotatable bonds is 9. The first-order valence-corrected chi connectivity index (χ1v) is 30.7. The van der Waals surface area contributed by atoms with Crippen molar-refractivity contribution in [2.45, 2.75) is 83.7 Å². The van der Waals surface area contributed by atoms with Crippen LogP contribution in [0.1, 0.15) is 51.3 Å². The fourth-order valence-electron chi connectivity index (χ4n) is 10.9. The van der Waals surface area contributed by atoms with Gasteiger partial charge in [-0.1, -0.05) is 169 Å². The molecular formula is C64H58N2S3Si. The van der Waals surface area contributed by atoms with E-state index in [9.17, 15) is 0 Å². The van der Waals surface area contributed by atoms with Gasteiger partial charge in [0.15, 0.2) is 0 Å². The van der Waals surface area contributed by atoms with Crippen molar-refractivity contribution in [3.05, 3.63) is 180 Å². The van der Waals surface area contributed by atoms with Crippen LogP contribution in [0.25, 0.3) is 72.7 Å². The van der Waals surface area contributed by atoms with Gasteiger partial charge >= 0.3 is 0 Å². The Morgan fingerprint density at radius 1 is 0.457 bits per heavy atom. The second-order valence-corrected chi connectivity index (χ2v) is 30.4. The highest BCUT2D eigenvalue weighted by Crippen LogP contribution is 2.55. The summed E-state index contributed by atoms with van der Waals surface area (Å²) in [4.78, 5) is 6.54. The highest BCUT2D eigenvalue weighted by atomic mass is 32.2. The first-order chi connectivity index (χ1) is 33.6. The molecule has 0 fully saturated rings. The summed E-state index contributed by atoms with van der Waals surface area (Å²) in [7, 11) is -1.63. The summed E-state index contributed by atoms with van der Waals surface area (Å²) in [5, 5.41) is 14.8. The van der Waals surface area contributed by atoms with Crippen LogP contribution in [-0.4, -0.2) is 13.3 Å². The molecule has 70 heavy (non-hydrogen) atoms. The number of hydrogen-bond acceptors (Lipinski definition) is 5. The first kappa shape index (κ1) is 45.0. The van der Waals surface area contributed by atoms with Crippen molar-refractivity contribution in [2.75, 3.05) is 9.80 Å². The van der Waals surface area contributed by atoms with Crippen molar-refractivity contribution >= 4 is 154 Å². The molecule has 0 aliphatic rings. The lowest BCUT2D eigenvalue weighted by molar-refractivity contribution is 0.591. The first-order valence-electron chi connectivity index (χ1n) is 24.7. The molecule has 0 atom stereocenters. The average Bonchev–Trinajstić information content (AvgIpc) is 3.91. The number of fused-ring (bicyclic) bond motifs is 6. The molecule has 0 spiro atoms. The quantitative estimate of drug-likeness (QED) is 0.0808. The third kappa shape index (κ3) is 7.41. The van der Waals surface area contributed by atoms with E-state index >= 15 is 0 Å². The van der Waals surface area contributed by atoms with Crippen LogP contribution in [0, 0.1) is 13.8 Å². The van der Waals surface area contributed by atoms with Gasteiger partial charge in [0.05, 0.1) is 40.2 Å². The Morgan fingerprint density at radius 2 is 0.957 bits per heavy atom. The molecule has 12 aromatic rings. The van der Waals surface area contributed by atoms with E-state index in [-0.39, 0.29) is 5.41 Å². The second-order valence-electron chi connectivity index (χ2n) is 21.6. The monoisotopic (exact) mass is 978 g/mol. The molecule has 0 N–H and O–H groups in total. The summed E-state index contributed by atoms with van der Waals surface area (Å²) in [6.45, 7) is 23.6. The maximum Gasteiger partial charge on any atom is 0.0776 e. The van der Waals surface area contributed by atoms with Crippen molar-refractivity contribution in [1.82, 2.24) is 0 Å². The molecule has 0 aliphatic heterocycles. The zero-order chi connectivity index (χ0) is 48.4. The zero-order valence-electron chi connectivity index (χ0n) is 41.8. The van der Waals surface area contributed by atoms with Crippen molar-refractivity contribution in [2.24, 2.45) is 0 Å². The van der Waals surface area contributed by atoms with Gasteiger partial charge in [-0.05, 0) is 107 Å². The van der Waals surface area contributed by atoms with Crippen LogP contribution in [0.5, 0.6) is 0 Å². The summed E-state index contributed by atoms with van der Waals surface area (Å²) >= 11 is 5.74. The minimum absolute atomic E-state index is 0.00260. The van der Waals surface area contributed by atoms with Crippen LogP contribution in [0.15, 0.2) is 169 Å². The van der Waals surface area contributed by atoms with Gasteiger partial charge in [0.2, 0.25) is 0 Å². The number of aryl methyl sites for hydroxylation is 2. The predicted octanol–water partition coefficient (Wildman–Crippen LogP) is 20.2. The molecule has 2 heterocycles. The minimum atomic E-state index is -1.63. The van der Waals surface area contributed by atoms with Crippen LogP contribution < -0.4 is 15.0 Å². The average molecular weight is 979 g/mol. The Morgan fingerprint density at radius 3 is 1.44 bits per heavy atom. The van der Waals surface area contributed by atoms with Crippen LogP contribution in [-0.2, 0) is 5.41 Å². The fourth-order valence-corrected chi connectivity index (χ4v) is 15.5. The Kier molecular flexibility index (Phi) is 10.8. The van der Waals surface area contributed by atoms with Gasteiger partial charge in [0.1, 0.15) is 0 Å². The molecule has 0 bridgehead atoms. The van der Waals surface area contributed by atoms with Crippen LogP contribution >= 0.6 is 34.4 Å². The van der Waals surface area contributed by atoms with Gasteiger partial charge in [-0.2, -0.15) is 0 Å². The van der Waals surface area contributed by atoms with E-state index in [1.165, 1.54) is 134 Å². The van der Waals surface area contributed by atoms with Gasteiger partial charge in [0.25, 0.3) is 0 Å². The Bertz CT molecular complexity index is 4010. The molecule has 0 radical (unpaired) electrons. The fraction of sp³-hybridized carbons (Fsp3) is 0.188. The lowest BCUT2D eigenvalue weighted by Crippen LogP contribution is -2.37. The maximum atomic E-state index is 2.63. The summed E-state index contributed by atoms with van der Waals surface area (Å²) in [5.41, 5.74) is 11.0. The molecule has 0 amide bonds. The molecule has 0 saturated carbocycles. The van der Waals surface area contributed by atoms with Gasteiger partial charge in [-0.15, -0.1) is 34.4 Å². The molecule has 0 unspecified atom stereocenters. The molecule has 2 nitrogen and oxygen atoms in total. The highest BCUT2D eigenvalue weighted by Gasteiger charge is 2.30. The largest absolute Gasteiger partial charge is 0.308 e. The van der Waals surface area contributed by atoms with E-state index < -0.39 is 8.07 Å². The molecular weight excluding hydrogens is 921 g/mol. The van der Waals surface area contributed by atoms with Crippen LogP contribution in [0.2, 0.25) is 19.6 Å². The molecule has 6 heteroatoms. The van der Waals surface area contributed by atoms with Crippen molar-refractivity contribution in [3.63, 3.8) is 0 Å². The van der Waals surface area contributed by atoms with Crippen LogP contribution in [0.3, 0.4) is 0 Å². The van der Waals surface area contributed by atoms with Crippen LogP contribution in [0.4, 0.5) is 34.1 Å². The van der Waals surface area contributed by atoms with E-state index in [0.29, 0.717) is 5.25 Å². The van der Waals surface area contributed by atoms with Crippen molar-refractivity contribution in [1.29, 1.82) is 0 Å². The molecule has 346 valence electrons. The number of thiophene rings is 2. The topological polar surface area (TPSA) is 6.48 Å². The van der Waals surface area contributed by atoms with Gasteiger partial charge in [0, 0.05) is 68.6 Å². The Balaban J connectivity index is 1.25. The summed E-state index contributed by atoms with van der Waals surface area (Å²) in [5.74, 6) is 0. The summed E-state index contributed by atoms with van der Waals surface area (Å²) in [6, 6.07) is 63.3. The Labute approximate surface area is 425 Å². The molecule has 0 saturated heterocycles. The smallest absolute Gasteiger partial charge is 0.0776 e. The molecule has 2 aromatic heterocycles.